The molecule has 0 unspecified atom stereocenters. The maximum absolute atomic E-state index is 11.9. The van der Waals surface area contributed by atoms with Crippen molar-refractivity contribution in [2.75, 3.05) is 6.54 Å². The summed E-state index contributed by atoms with van der Waals surface area (Å²) in [6.07, 6.45) is 1.73. The Labute approximate surface area is 123 Å². The Morgan fingerprint density at radius 3 is 2.55 bits per heavy atom. The first kappa shape index (κ1) is 14.4. The highest BCUT2D eigenvalue weighted by Crippen LogP contribution is 2.24. The minimum Gasteiger partial charge on any atom is -0.507 e. The molecule has 2 N–H and O–H groups in total. The van der Waals surface area contributed by atoms with E-state index in [4.69, 9.17) is 11.6 Å². The molecule has 0 fully saturated rings. The van der Waals surface area contributed by atoms with Gasteiger partial charge in [-0.05, 0) is 30.5 Å². The maximum atomic E-state index is 11.9. The van der Waals surface area contributed by atoms with Crippen molar-refractivity contribution in [2.45, 2.75) is 12.8 Å². The summed E-state index contributed by atoms with van der Waals surface area (Å²) in [4.78, 5) is 11.9. The van der Waals surface area contributed by atoms with Gasteiger partial charge in [-0.1, -0.05) is 48.0 Å². The van der Waals surface area contributed by atoms with Crippen molar-refractivity contribution in [1.82, 2.24) is 5.32 Å². The topological polar surface area (TPSA) is 49.3 Å². The summed E-state index contributed by atoms with van der Waals surface area (Å²) in [6, 6.07) is 14.7. The highest BCUT2D eigenvalue weighted by atomic mass is 35.5. The van der Waals surface area contributed by atoms with Crippen LogP contribution in [0.2, 0.25) is 5.02 Å². The van der Waals surface area contributed by atoms with E-state index in [1.54, 1.807) is 12.1 Å². The Hall–Kier alpha value is -2.00. The van der Waals surface area contributed by atoms with Crippen molar-refractivity contribution in [3.63, 3.8) is 0 Å². The van der Waals surface area contributed by atoms with Crippen molar-refractivity contribution < 1.29 is 9.90 Å². The van der Waals surface area contributed by atoms with Gasteiger partial charge in [0.2, 0.25) is 0 Å². The molecule has 2 aromatic rings. The molecule has 0 aliphatic carbocycles. The Morgan fingerprint density at radius 2 is 1.85 bits per heavy atom. The van der Waals surface area contributed by atoms with E-state index in [0.29, 0.717) is 6.54 Å². The number of nitrogens with one attached hydrogen (secondary N) is 1. The zero-order valence-corrected chi connectivity index (χ0v) is 11.7. The molecule has 2 rings (SSSR count). The van der Waals surface area contributed by atoms with Crippen LogP contribution in [0.1, 0.15) is 22.3 Å². The van der Waals surface area contributed by atoms with E-state index in [2.05, 4.69) is 17.4 Å². The quantitative estimate of drug-likeness (QED) is 0.829. The molecule has 0 saturated carbocycles. The van der Waals surface area contributed by atoms with Gasteiger partial charge in [-0.15, -0.1) is 0 Å². The predicted molar refractivity (Wildman–Crippen MR) is 80.2 cm³/mol. The van der Waals surface area contributed by atoms with Crippen molar-refractivity contribution in [2.24, 2.45) is 0 Å². The molecule has 104 valence electrons. The van der Waals surface area contributed by atoms with E-state index in [9.17, 15) is 9.90 Å². The highest BCUT2D eigenvalue weighted by molar-refractivity contribution is 6.34. The van der Waals surface area contributed by atoms with Crippen LogP contribution < -0.4 is 5.32 Å². The molecule has 3 nitrogen and oxygen atoms in total. The number of phenolic OH excluding ortho intramolecular Hbond substituents is 1. The van der Waals surface area contributed by atoms with E-state index >= 15 is 0 Å². The Kier molecular flexibility index (Phi) is 5.02. The zero-order valence-electron chi connectivity index (χ0n) is 11.0. The SMILES string of the molecule is O=C(NCCCc1ccccc1)c1c(O)cccc1Cl. The van der Waals surface area contributed by atoms with E-state index < -0.39 is 0 Å². The number of rotatable bonds is 5. The number of carbonyl (C=O) groups is 1. The van der Waals surface area contributed by atoms with Gasteiger partial charge in [-0.2, -0.15) is 0 Å². The summed E-state index contributed by atoms with van der Waals surface area (Å²) in [6.45, 7) is 0.540. The molecule has 0 aliphatic heterocycles. The molecule has 4 heteroatoms. The van der Waals surface area contributed by atoms with Gasteiger partial charge in [-0.25, -0.2) is 0 Å². The predicted octanol–water partition coefficient (Wildman–Crippen LogP) is 3.41. The van der Waals surface area contributed by atoms with Crippen LogP contribution in [0.3, 0.4) is 0 Å². The fraction of sp³-hybridized carbons (Fsp3) is 0.188. The number of hydrogen-bond donors (Lipinski definition) is 2. The number of amides is 1. The molecule has 20 heavy (non-hydrogen) atoms. The Balaban J connectivity index is 1.84. The van der Waals surface area contributed by atoms with Crippen molar-refractivity contribution in [1.29, 1.82) is 0 Å². The standard InChI is InChI=1S/C16H16ClNO2/c17-13-9-4-10-14(19)15(13)16(20)18-11-5-8-12-6-2-1-3-7-12/h1-4,6-7,9-10,19H,5,8,11H2,(H,18,20). The fourth-order valence-electron chi connectivity index (χ4n) is 1.97. The van der Waals surface area contributed by atoms with Gasteiger partial charge in [0.1, 0.15) is 5.75 Å². The largest absolute Gasteiger partial charge is 0.507 e. The molecule has 0 bridgehead atoms. The van der Waals surface area contributed by atoms with E-state index in [-0.39, 0.29) is 22.2 Å². The lowest BCUT2D eigenvalue weighted by atomic mass is 10.1. The smallest absolute Gasteiger partial charge is 0.256 e. The van der Waals surface area contributed by atoms with Crippen LogP contribution in [0.15, 0.2) is 48.5 Å². The Bertz CT molecular complexity index is 564. The Morgan fingerprint density at radius 1 is 1.10 bits per heavy atom. The van der Waals surface area contributed by atoms with Crippen LogP contribution in [0.5, 0.6) is 5.75 Å². The first-order valence-corrected chi connectivity index (χ1v) is 6.86. The second-order valence-electron chi connectivity index (χ2n) is 4.48. The fourth-order valence-corrected chi connectivity index (χ4v) is 2.22. The lowest BCUT2D eigenvalue weighted by molar-refractivity contribution is 0.0950. The van der Waals surface area contributed by atoms with Gasteiger partial charge in [0.15, 0.2) is 0 Å². The van der Waals surface area contributed by atoms with Crippen LogP contribution >= 0.6 is 11.6 Å². The summed E-state index contributed by atoms with van der Waals surface area (Å²) in [5, 5.41) is 12.7. The third kappa shape index (κ3) is 3.75. The lowest BCUT2D eigenvalue weighted by Gasteiger charge is -2.08. The monoisotopic (exact) mass is 289 g/mol. The molecular formula is C16H16ClNO2. The first-order chi connectivity index (χ1) is 9.68. The van der Waals surface area contributed by atoms with E-state index in [0.717, 1.165) is 12.8 Å². The molecule has 0 radical (unpaired) electrons. The van der Waals surface area contributed by atoms with Crippen LogP contribution in [-0.2, 0) is 6.42 Å². The summed E-state index contributed by atoms with van der Waals surface area (Å²) < 4.78 is 0. The molecule has 0 spiro atoms. The highest BCUT2D eigenvalue weighted by Gasteiger charge is 2.14. The summed E-state index contributed by atoms with van der Waals surface area (Å²) in [5.74, 6) is -0.445. The third-order valence-electron chi connectivity index (χ3n) is 2.99. The molecule has 2 aromatic carbocycles. The number of hydrogen-bond acceptors (Lipinski definition) is 2. The second kappa shape index (κ2) is 6.96. The van der Waals surface area contributed by atoms with Crippen molar-refractivity contribution >= 4 is 17.5 Å². The molecule has 0 heterocycles. The number of benzene rings is 2. The van der Waals surface area contributed by atoms with Gasteiger partial charge < -0.3 is 10.4 Å². The van der Waals surface area contributed by atoms with Gasteiger partial charge in [0.05, 0.1) is 10.6 Å². The van der Waals surface area contributed by atoms with Gasteiger partial charge in [0.25, 0.3) is 5.91 Å². The number of aromatic hydroxyl groups is 1. The summed E-state index contributed by atoms with van der Waals surface area (Å²) in [5.41, 5.74) is 1.37. The lowest BCUT2D eigenvalue weighted by Crippen LogP contribution is -2.25. The summed E-state index contributed by atoms with van der Waals surface area (Å²) >= 11 is 5.91. The number of carbonyl (C=O) groups excluding carboxylic acids is 1. The van der Waals surface area contributed by atoms with Gasteiger partial charge >= 0.3 is 0 Å². The average molecular weight is 290 g/mol. The van der Waals surface area contributed by atoms with Gasteiger partial charge in [0, 0.05) is 6.54 Å². The molecule has 0 atom stereocenters. The minimum absolute atomic E-state index is 0.0990. The molecular weight excluding hydrogens is 274 g/mol. The van der Waals surface area contributed by atoms with Crippen LogP contribution in [0, 0.1) is 0 Å². The minimum atomic E-state index is -0.346. The van der Waals surface area contributed by atoms with Crippen LogP contribution in [-0.4, -0.2) is 17.6 Å². The third-order valence-corrected chi connectivity index (χ3v) is 3.30. The second-order valence-corrected chi connectivity index (χ2v) is 4.89. The summed E-state index contributed by atoms with van der Waals surface area (Å²) in [7, 11) is 0. The average Bonchev–Trinajstić information content (AvgIpc) is 2.44. The normalized spacial score (nSPS) is 10.2. The molecule has 0 saturated heterocycles. The van der Waals surface area contributed by atoms with E-state index in [1.807, 2.05) is 18.2 Å². The van der Waals surface area contributed by atoms with Gasteiger partial charge in [-0.3, -0.25) is 4.79 Å². The zero-order chi connectivity index (χ0) is 14.4. The van der Waals surface area contributed by atoms with E-state index in [1.165, 1.54) is 11.6 Å². The number of halogens is 1. The van der Waals surface area contributed by atoms with Crippen molar-refractivity contribution in [3.8, 4) is 5.75 Å². The van der Waals surface area contributed by atoms with Crippen LogP contribution in [0.4, 0.5) is 0 Å². The van der Waals surface area contributed by atoms with Crippen LogP contribution in [0.25, 0.3) is 0 Å². The maximum Gasteiger partial charge on any atom is 0.256 e. The molecule has 1 amide bonds. The molecule has 0 aromatic heterocycles. The number of phenols is 1. The molecule has 0 aliphatic rings. The van der Waals surface area contributed by atoms with Crippen molar-refractivity contribution in [3.05, 3.63) is 64.7 Å². The number of aryl methyl sites for hydroxylation is 1. The first-order valence-electron chi connectivity index (χ1n) is 6.48.